The van der Waals surface area contributed by atoms with E-state index < -0.39 is 0 Å². The van der Waals surface area contributed by atoms with Gasteiger partial charge >= 0.3 is 0 Å². The molecular formula is C24H22N8O. The summed E-state index contributed by atoms with van der Waals surface area (Å²) in [5, 5.41) is 12.0. The van der Waals surface area contributed by atoms with Gasteiger partial charge in [-0.2, -0.15) is 4.98 Å². The Hall–Kier alpha value is -4.53. The molecule has 9 nitrogen and oxygen atoms in total. The van der Waals surface area contributed by atoms with E-state index in [2.05, 4.69) is 30.6 Å². The molecule has 0 radical (unpaired) electrons. The minimum Gasteiger partial charge on any atom is -0.497 e. The SMILES string of the molecule is COc1cccc(-c2cn(-c3ccc(C)c(Nc4nccc(N5C=CC=NC5)n4)c3)nn2)c1. The zero-order valence-electron chi connectivity index (χ0n) is 18.3. The molecule has 0 saturated carbocycles. The van der Waals surface area contributed by atoms with Gasteiger partial charge in [0, 0.05) is 29.9 Å². The molecule has 3 heterocycles. The molecule has 33 heavy (non-hydrogen) atoms. The monoisotopic (exact) mass is 438 g/mol. The molecule has 5 rings (SSSR count). The lowest BCUT2D eigenvalue weighted by Crippen LogP contribution is -2.20. The fraction of sp³-hybridized carbons (Fsp3) is 0.125. The average Bonchev–Trinajstić information content (AvgIpc) is 3.37. The van der Waals surface area contributed by atoms with Gasteiger partial charge in [-0.05, 0) is 48.9 Å². The van der Waals surface area contributed by atoms with E-state index >= 15 is 0 Å². The zero-order valence-corrected chi connectivity index (χ0v) is 18.3. The summed E-state index contributed by atoms with van der Waals surface area (Å²) in [4.78, 5) is 15.2. The molecule has 0 unspecified atom stereocenters. The van der Waals surface area contributed by atoms with Gasteiger partial charge in [-0.15, -0.1) is 5.10 Å². The van der Waals surface area contributed by atoms with Gasteiger partial charge in [0.05, 0.1) is 19.0 Å². The van der Waals surface area contributed by atoms with Crippen LogP contribution in [0, 0.1) is 6.92 Å². The van der Waals surface area contributed by atoms with E-state index in [1.54, 1.807) is 24.2 Å². The third-order valence-corrected chi connectivity index (χ3v) is 5.22. The van der Waals surface area contributed by atoms with Crippen molar-refractivity contribution in [1.29, 1.82) is 0 Å². The number of benzene rings is 2. The van der Waals surface area contributed by atoms with Crippen molar-refractivity contribution >= 4 is 23.7 Å². The van der Waals surface area contributed by atoms with E-state index in [0.717, 1.165) is 39.8 Å². The van der Waals surface area contributed by atoms with Gasteiger partial charge < -0.3 is 15.0 Å². The van der Waals surface area contributed by atoms with E-state index in [1.807, 2.05) is 78.8 Å². The van der Waals surface area contributed by atoms with Crippen LogP contribution in [0.4, 0.5) is 17.5 Å². The number of aliphatic imine (C=N–C) groups is 1. The topological polar surface area (TPSA) is 93.3 Å². The molecule has 1 aliphatic heterocycles. The predicted octanol–water partition coefficient (Wildman–Crippen LogP) is 4.15. The largest absolute Gasteiger partial charge is 0.497 e. The lowest BCUT2D eigenvalue weighted by molar-refractivity contribution is 0.415. The van der Waals surface area contributed by atoms with Crippen molar-refractivity contribution in [2.75, 3.05) is 24.0 Å². The summed E-state index contributed by atoms with van der Waals surface area (Å²) in [6.07, 6.45) is 9.22. The number of anilines is 3. The first kappa shape index (κ1) is 20.4. The van der Waals surface area contributed by atoms with Gasteiger partial charge in [0.1, 0.15) is 23.9 Å². The minimum atomic E-state index is 0.506. The van der Waals surface area contributed by atoms with Crippen LogP contribution in [0.5, 0.6) is 5.75 Å². The number of allylic oxidation sites excluding steroid dienone is 1. The third-order valence-electron chi connectivity index (χ3n) is 5.22. The second-order valence-corrected chi connectivity index (χ2v) is 7.43. The molecule has 0 amide bonds. The summed E-state index contributed by atoms with van der Waals surface area (Å²) in [6.45, 7) is 2.56. The summed E-state index contributed by atoms with van der Waals surface area (Å²) in [5.74, 6) is 2.05. The van der Waals surface area contributed by atoms with Gasteiger partial charge in [-0.3, -0.25) is 4.99 Å². The van der Waals surface area contributed by atoms with E-state index in [1.165, 1.54) is 0 Å². The molecule has 0 atom stereocenters. The Bertz CT molecular complexity index is 1340. The normalized spacial score (nSPS) is 12.7. The quantitative estimate of drug-likeness (QED) is 0.483. The van der Waals surface area contributed by atoms with Crippen LogP contribution in [0.2, 0.25) is 0 Å². The lowest BCUT2D eigenvalue weighted by atomic mass is 10.1. The Morgan fingerprint density at radius 2 is 2.03 bits per heavy atom. The number of hydrogen-bond acceptors (Lipinski definition) is 8. The zero-order chi connectivity index (χ0) is 22.6. The Morgan fingerprint density at radius 3 is 2.88 bits per heavy atom. The molecule has 0 spiro atoms. The van der Waals surface area contributed by atoms with Crippen LogP contribution in [0.3, 0.4) is 0 Å². The lowest BCUT2D eigenvalue weighted by Gasteiger charge is -2.19. The van der Waals surface area contributed by atoms with E-state index in [9.17, 15) is 0 Å². The van der Waals surface area contributed by atoms with Crippen molar-refractivity contribution in [3.63, 3.8) is 0 Å². The highest BCUT2D eigenvalue weighted by atomic mass is 16.5. The van der Waals surface area contributed by atoms with Crippen LogP contribution in [-0.2, 0) is 0 Å². The van der Waals surface area contributed by atoms with Crippen LogP contribution in [0.1, 0.15) is 5.56 Å². The third kappa shape index (κ3) is 4.42. The van der Waals surface area contributed by atoms with Gasteiger partial charge in [0.15, 0.2) is 0 Å². The Kier molecular flexibility index (Phi) is 5.50. The highest BCUT2D eigenvalue weighted by Gasteiger charge is 2.11. The molecule has 2 aromatic heterocycles. The number of nitrogens with one attached hydrogen (secondary N) is 1. The summed E-state index contributed by atoms with van der Waals surface area (Å²) >= 11 is 0. The summed E-state index contributed by atoms with van der Waals surface area (Å²) in [5.41, 5.74) is 4.51. The maximum absolute atomic E-state index is 5.31. The number of aryl methyl sites for hydroxylation is 1. The highest BCUT2D eigenvalue weighted by Crippen LogP contribution is 2.25. The molecule has 0 aliphatic carbocycles. The number of methoxy groups -OCH3 is 1. The molecule has 1 N–H and O–H groups in total. The molecule has 9 heteroatoms. The molecule has 1 aliphatic rings. The maximum Gasteiger partial charge on any atom is 0.229 e. The molecule has 164 valence electrons. The first-order valence-corrected chi connectivity index (χ1v) is 10.4. The van der Waals surface area contributed by atoms with Crippen molar-refractivity contribution in [3.05, 3.63) is 78.8 Å². The Balaban J connectivity index is 1.40. The second kappa shape index (κ2) is 8.91. The van der Waals surface area contributed by atoms with Gasteiger partial charge in [-0.25, -0.2) is 9.67 Å². The standard InChI is InChI=1S/C24H22N8O/c1-17-7-8-19(32-15-22(29-30-32)18-5-3-6-20(13-18)33-2)14-21(17)27-24-26-11-9-23(28-24)31-12-4-10-25-16-31/h3-15H,16H2,1-2H3,(H,26,27,28). The van der Waals surface area contributed by atoms with E-state index in [4.69, 9.17) is 4.74 Å². The fourth-order valence-corrected chi connectivity index (χ4v) is 3.42. The van der Waals surface area contributed by atoms with Crippen molar-refractivity contribution in [2.24, 2.45) is 4.99 Å². The van der Waals surface area contributed by atoms with Crippen molar-refractivity contribution in [2.45, 2.75) is 6.92 Å². The summed E-state index contributed by atoms with van der Waals surface area (Å²) in [6, 6.07) is 15.6. The van der Waals surface area contributed by atoms with Crippen molar-refractivity contribution in [1.82, 2.24) is 25.0 Å². The smallest absolute Gasteiger partial charge is 0.229 e. The van der Waals surface area contributed by atoms with Gasteiger partial charge in [0.25, 0.3) is 0 Å². The van der Waals surface area contributed by atoms with Gasteiger partial charge in [-0.1, -0.05) is 23.4 Å². The van der Waals surface area contributed by atoms with Crippen LogP contribution >= 0.6 is 0 Å². The molecule has 4 aromatic rings. The Morgan fingerprint density at radius 1 is 1.09 bits per heavy atom. The molecule has 0 saturated heterocycles. The highest BCUT2D eigenvalue weighted by molar-refractivity contribution is 5.74. The van der Waals surface area contributed by atoms with Crippen molar-refractivity contribution < 1.29 is 4.74 Å². The number of aromatic nitrogens is 5. The minimum absolute atomic E-state index is 0.506. The number of nitrogens with zero attached hydrogens (tertiary/aromatic N) is 7. The average molecular weight is 438 g/mol. The fourth-order valence-electron chi connectivity index (χ4n) is 3.42. The molecule has 2 aromatic carbocycles. The van der Waals surface area contributed by atoms with Gasteiger partial charge in [0.2, 0.25) is 5.95 Å². The molecule has 0 fully saturated rings. The molecular weight excluding hydrogens is 416 g/mol. The van der Waals surface area contributed by atoms with Crippen LogP contribution in [0.15, 0.2) is 78.2 Å². The maximum atomic E-state index is 5.31. The summed E-state index contributed by atoms with van der Waals surface area (Å²) in [7, 11) is 1.65. The number of rotatable bonds is 6. The number of ether oxygens (including phenoxy) is 1. The Labute approximate surface area is 191 Å². The summed E-state index contributed by atoms with van der Waals surface area (Å²) < 4.78 is 7.06. The second-order valence-electron chi connectivity index (χ2n) is 7.43. The van der Waals surface area contributed by atoms with Crippen LogP contribution in [-0.4, -0.2) is 45.0 Å². The van der Waals surface area contributed by atoms with Crippen molar-refractivity contribution in [3.8, 4) is 22.7 Å². The predicted molar refractivity (Wildman–Crippen MR) is 128 cm³/mol. The van der Waals surface area contributed by atoms with E-state index in [-0.39, 0.29) is 0 Å². The van der Waals surface area contributed by atoms with Crippen LogP contribution in [0.25, 0.3) is 16.9 Å². The molecule has 0 bridgehead atoms. The number of hydrogen-bond donors (Lipinski definition) is 1. The first-order valence-electron chi connectivity index (χ1n) is 10.4. The first-order chi connectivity index (χ1) is 16.2. The van der Waals surface area contributed by atoms with Crippen LogP contribution < -0.4 is 15.0 Å². The van der Waals surface area contributed by atoms with E-state index in [0.29, 0.717) is 12.6 Å².